The number of ether oxygens (including phenoxy) is 1. The van der Waals surface area contributed by atoms with E-state index in [2.05, 4.69) is 10.2 Å². The van der Waals surface area contributed by atoms with Crippen molar-refractivity contribution < 1.29 is 19.1 Å². The van der Waals surface area contributed by atoms with Gasteiger partial charge in [0.1, 0.15) is 6.04 Å². The molecule has 0 radical (unpaired) electrons. The summed E-state index contributed by atoms with van der Waals surface area (Å²) in [6, 6.07) is 5.81. The van der Waals surface area contributed by atoms with Crippen LogP contribution in [-0.4, -0.2) is 61.6 Å². The van der Waals surface area contributed by atoms with Crippen molar-refractivity contribution in [1.29, 1.82) is 0 Å². The highest BCUT2D eigenvalue weighted by Gasteiger charge is 2.30. The molecule has 1 aromatic rings. The molecule has 2 atom stereocenters. The lowest BCUT2D eigenvalue weighted by Crippen LogP contribution is -2.58. The monoisotopic (exact) mass is 348 g/mol. The molecule has 0 aliphatic carbocycles. The first kappa shape index (κ1) is 18.6. The summed E-state index contributed by atoms with van der Waals surface area (Å²) >= 11 is 0. The summed E-state index contributed by atoms with van der Waals surface area (Å²) in [6.45, 7) is 5.45. The molecule has 1 saturated heterocycles. The number of methoxy groups -OCH3 is 1. The fourth-order valence-electron chi connectivity index (χ4n) is 2.97. The van der Waals surface area contributed by atoms with Crippen molar-refractivity contribution in [3.05, 3.63) is 29.8 Å². The van der Waals surface area contributed by atoms with Gasteiger partial charge >= 0.3 is 12.0 Å². The smallest absolute Gasteiger partial charge is 0.337 e. The molecule has 136 valence electrons. The Balaban J connectivity index is 2.00. The van der Waals surface area contributed by atoms with Crippen molar-refractivity contribution in [1.82, 2.24) is 10.2 Å². The lowest BCUT2D eigenvalue weighted by molar-refractivity contribution is -0.135. The van der Waals surface area contributed by atoms with Gasteiger partial charge in [-0.3, -0.25) is 4.79 Å². The zero-order valence-corrected chi connectivity index (χ0v) is 14.7. The summed E-state index contributed by atoms with van der Waals surface area (Å²) in [5, 5.41) is 2.42. The first-order chi connectivity index (χ1) is 11.8. The number of hydrogen-bond donors (Lipinski definition) is 2. The molecule has 0 saturated carbocycles. The fraction of sp³-hybridized carbons (Fsp3) is 0.471. The van der Waals surface area contributed by atoms with Gasteiger partial charge in [0.2, 0.25) is 5.91 Å². The van der Waals surface area contributed by atoms with Crippen LogP contribution in [0.2, 0.25) is 0 Å². The number of benzene rings is 1. The zero-order chi connectivity index (χ0) is 18.6. The minimum absolute atomic E-state index is 0.0151. The minimum Gasteiger partial charge on any atom is -0.465 e. The molecule has 1 fully saturated rings. The molecule has 0 spiro atoms. The van der Waals surface area contributed by atoms with Crippen LogP contribution in [0.15, 0.2) is 24.3 Å². The van der Waals surface area contributed by atoms with Gasteiger partial charge in [0.05, 0.1) is 12.7 Å². The predicted molar refractivity (Wildman–Crippen MR) is 93.4 cm³/mol. The largest absolute Gasteiger partial charge is 0.465 e. The SMILES string of the molecule is COC(=O)c1ccc(N2CCN(C(=O)[C@H](C)NC(N)=O)[C@@H](C)C2)cc1. The van der Waals surface area contributed by atoms with Crippen LogP contribution in [0.3, 0.4) is 0 Å². The predicted octanol–water partition coefficient (Wildman–Crippen LogP) is 0.567. The third-order valence-corrected chi connectivity index (χ3v) is 4.29. The van der Waals surface area contributed by atoms with Gasteiger partial charge in [0, 0.05) is 31.4 Å². The Morgan fingerprint density at radius 1 is 1.24 bits per heavy atom. The van der Waals surface area contributed by atoms with Crippen molar-refractivity contribution >= 4 is 23.6 Å². The summed E-state index contributed by atoms with van der Waals surface area (Å²) in [6.07, 6.45) is 0. The maximum absolute atomic E-state index is 12.4. The number of nitrogens with two attached hydrogens (primary N) is 1. The van der Waals surface area contributed by atoms with Crippen LogP contribution < -0.4 is 16.0 Å². The van der Waals surface area contributed by atoms with Crippen LogP contribution >= 0.6 is 0 Å². The summed E-state index contributed by atoms with van der Waals surface area (Å²) in [5.41, 5.74) is 6.56. The van der Waals surface area contributed by atoms with Crippen LogP contribution in [0.25, 0.3) is 0 Å². The highest BCUT2D eigenvalue weighted by molar-refractivity contribution is 5.89. The van der Waals surface area contributed by atoms with Crippen molar-refractivity contribution in [2.45, 2.75) is 25.9 Å². The van der Waals surface area contributed by atoms with E-state index in [-0.39, 0.29) is 17.9 Å². The average molecular weight is 348 g/mol. The van der Waals surface area contributed by atoms with Crippen molar-refractivity contribution in [3.63, 3.8) is 0 Å². The number of carbonyl (C=O) groups is 3. The molecule has 3 amide bonds. The van der Waals surface area contributed by atoms with Crippen molar-refractivity contribution in [3.8, 4) is 0 Å². The standard InChI is InChI=1S/C17H24N4O4/c1-11-10-20(14-6-4-13(5-7-14)16(23)25-3)8-9-21(11)15(22)12(2)19-17(18)24/h4-7,11-12H,8-10H2,1-3H3,(H3,18,19,24)/t11-,12-/m0/s1. The Kier molecular flexibility index (Phi) is 5.84. The second-order valence-corrected chi connectivity index (χ2v) is 6.10. The van der Waals surface area contributed by atoms with Crippen LogP contribution in [0.4, 0.5) is 10.5 Å². The maximum Gasteiger partial charge on any atom is 0.337 e. The number of primary amides is 1. The Morgan fingerprint density at radius 2 is 1.88 bits per heavy atom. The molecule has 8 heteroatoms. The summed E-state index contributed by atoms with van der Waals surface area (Å²) in [5.74, 6) is -0.515. The lowest BCUT2D eigenvalue weighted by Gasteiger charge is -2.42. The van der Waals surface area contributed by atoms with E-state index >= 15 is 0 Å². The number of rotatable bonds is 4. The third-order valence-electron chi connectivity index (χ3n) is 4.29. The molecule has 0 aromatic heterocycles. The number of nitrogens with zero attached hydrogens (tertiary/aromatic N) is 2. The van der Waals surface area contributed by atoms with Gasteiger partial charge in [0.15, 0.2) is 0 Å². The van der Waals surface area contributed by atoms with E-state index < -0.39 is 12.1 Å². The van der Waals surface area contributed by atoms with Crippen molar-refractivity contribution in [2.24, 2.45) is 5.73 Å². The average Bonchev–Trinajstić information content (AvgIpc) is 2.60. The Hall–Kier alpha value is -2.77. The molecular weight excluding hydrogens is 324 g/mol. The van der Waals surface area contributed by atoms with Gasteiger partial charge in [-0.1, -0.05) is 0 Å². The summed E-state index contributed by atoms with van der Waals surface area (Å²) in [7, 11) is 1.35. The second-order valence-electron chi connectivity index (χ2n) is 6.10. The quantitative estimate of drug-likeness (QED) is 0.774. The van der Waals surface area contributed by atoms with Gasteiger partial charge in [-0.15, -0.1) is 0 Å². The molecular formula is C17H24N4O4. The molecule has 1 heterocycles. The number of urea groups is 1. The molecule has 0 unspecified atom stereocenters. The van der Waals surface area contributed by atoms with Crippen LogP contribution in [0.1, 0.15) is 24.2 Å². The summed E-state index contributed by atoms with van der Waals surface area (Å²) in [4.78, 5) is 38.7. The van der Waals surface area contributed by atoms with Gasteiger partial charge in [-0.2, -0.15) is 0 Å². The lowest BCUT2D eigenvalue weighted by atomic mass is 10.1. The zero-order valence-electron chi connectivity index (χ0n) is 14.7. The molecule has 3 N–H and O–H groups in total. The fourth-order valence-corrected chi connectivity index (χ4v) is 2.97. The van der Waals surface area contributed by atoms with E-state index in [1.807, 2.05) is 19.1 Å². The molecule has 25 heavy (non-hydrogen) atoms. The first-order valence-electron chi connectivity index (χ1n) is 8.13. The normalized spacial score (nSPS) is 18.4. The number of amides is 3. The molecule has 8 nitrogen and oxygen atoms in total. The highest BCUT2D eigenvalue weighted by atomic mass is 16.5. The van der Waals surface area contributed by atoms with E-state index in [0.29, 0.717) is 25.2 Å². The van der Waals surface area contributed by atoms with E-state index in [1.165, 1.54) is 7.11 Å². The number of anilines is 1. The minimum atomic E-state index is -0.710. The third kappa shape index (κ3) is 4.40. The highest BCUT2D eigenvalue weighted by Crippen LogP contribution is 2.20. The second kappa shape index (κ2) is 7.87. The molecule has 0 bridgehead atoms. The van der Waals surface area contributed by atoms with Crippen LogP contribution in [0, 0.1) is 0 Å². The summed E-state index contributed by atoms with van der Waals surface area (Å²) < 4.78 is 4.69. The number of esters is 1. The molecule has 1 aliphatic rings. The molecule has 2 rings (SSSR count). The number of nitrogens with one attached hydrogen (secondary N) is 1. The van der Waals surface area contributed by atoms with E-state index in [4.69, 9.17) is 10.5 Å². The van der Waals surface area contributed by atoms with E-state index in [9.17, 15) is 14.4 Å². The Labute approximate surface area is 146 Å². The van der Waals surface area contributed by atoms with Gasteiger partial charge in [-0.05, 0) is 38.1 Å². The Bertz CT molecular complexity index is 647. The first-order valence-corrected chi connectivity index (χ1v) is 8.13. The molecule has 1 aromatic carbocycles. The number of piperazine rings is 1. The number of hydrogen-bond acceptors (Lipinski definition) is 5. The van der Waals surface area contributed by atoms with Crippen molar-refractivity contribution in [2.75, 3.05) is 31.6 Å². The Morgan fingerprint density at radius 3 is 2.40 bits per heavy atom. The van der Waals surface area contributed by atoms with Crippen LogP contribution in [0.5, 0.6) is 0 Å². The van der Waals surface area contributed by atoms with Gasteiger partial charge < -0.3 is 25.6 Å². The van der Waals surface area contributed by atoms with Crippen LogP contribution in [-0.2, 0) is 9.53 Å². The molecule has 1 aliphatic heterocycles. The number of carbonyl (C=O) groups excluding carboxylic acids is 3. The van der Waals surface area contributed by atoms with Gasteiger partial charge in [0.25, 0.3) is 0 Å². The van der Waals surface area contributed by atoms with E-state index in [0.717, 1.165) is 5.69 Å². The van der Waals surface area contributed by atoms with Gasteiger partial charge in [-0.25, -0.2) is 9.59 Å². The van der Waals surface area contributed by atoms with E-state index in [1.54, 1.807) is 24.0 Å². The topological polar surface area (TPSA) is 105 Å². The maximum atomic E-state index is 12.4.